The van der Waals surface area contributed by atoms with Crippen molar-refractivity contribution in [3.05, 3.63) is 23.3 Å². The van der Waals surface area contributed by atoms with Crippen molar-refractivity contribution in [3.63, 3.8) is 0 Å². The second-order valence-electron chi connectivity index (χ2n) is 3.75. The van der Waals surface area contributed by atoms with E-state index in [4.69, 9.17) is 0 Å². The molecule has 0 aliphatic heterocycles. The Balaban J connectivity index is 2.99. The smallest absolute Gasteiger partial charge is 0.0672 e. The van der Waals surface area contributed by atoms with Crippen molar-refractivity contribution in [3.8, 4) is 0 Å². The van der Waals surface area contributed by atoms with Gasteiger partial charge in [0.1, 0.15) is 0 Å². The van der Waals surface area contributed by atoms with Crippen LogP contribution < -0.4 is 0 Å². The molecule has 1 heterocycles. The zero-order chi connectivity index (χ0) is 10.7. The molecule has 1 N–H and O–H groups in total. The Morgan fingerprint density at radius 2 is 2.07 bits per heavy atom. The van der Waals surface area contributed by atoms with Gasteiger partial charge in [-0.1, -0.05) is 13.8 Å². The Morgan fingerprint density at radius 1 is 1.43 bits per heavy atom. The summed E-state index contributed by atoms with van der Waals surface area (Å²) < 4.78 is 0. The topological polar surface area (TPSA) is 46.0 Å². The van der Waals surface area contributed by atoms with E-state index in [9.17, 15) is 5.11 Å². The van der Waals surface area contributed by atoms with Gasteiger partial charge in [0.05, 0.1) is 23.2 Å². The van der Waals surface area contributed by atoms with Gasteiger partial charge in [-0.2, -0.15) is 0 Å². The average molecular weight is 194 g/mol. The SMILES string of the molecule is CCC(O)C(C)c1nc(C)cnc1C. The lowest BCUT2D eigenvalue weighted by atomic mass is 9.97. The first kappa shape index (κ1) is 11.1. The van der Waals surface area contributed by atoms with Gasteiger partial charge in [0.25, 0.3) is 0 Å². The molecule has 3 nitrogen and oxygen atoms in total. The fourth-order valence-electron chi connectivity index (χ4n) is 1.52. The van der Waals surface area contributed by atoms with E-state index in [1.165, 1.54) is 0 Å². The van der Waals surface area contributed by atoms with Crippen molar-refractivity contribution < 1.29 is 5.11 Å². The van der Waals surface area contributed by atoms with Crippen LogP contribution >= 0.6 is 0 Å². The minimum atomic E-state index is -0.329. The van der Waals surface area contributed by atoms with Crippen molar-refractivity contribution in [1.29, 1.82) is 0 Å². The molecule has 78 valence electrons. The van der Waals surface area contributed by atoms with Crippen LogP contribution in [0.2, 0.25) is 0 Å². The second-order valence-corrected chi connectivity index (χ2v) is 3.75. The Morgan fingerprint density at radius 3 is 2.64 bits per heavy atom. The summed E-state index contributed by atoms with van der Waals surface area (Å²) in [4.78, 5) is 8.66. The highest BCUT2D eigenvalue weighted by Gasteiger charge is 2.18. The van der Waals surface area contributed by atoms with E-state index in [0.29, 0.717) is 0 Å². The summed E-state index contributed by atoms with van der Waals surface area (Å²) in [6.45, 7) is 7.81. The molecule has 1 rings (SSSR count). The predicted octanol–water partition coefficient (Wildman–Crippen LogP) is 1.97. The van der Waals surface area contributed by atoms with Gasteiger partial charge in [-0.05, 0) is 20.3 Å². The molecule has 1 aromatic heterocycles. The molecule has 0 radical (unpaired) electrons. The van der Waals surface area contributed by atoms with Crippen LogP contribution in [0.15, 0.2) is 6.20 Å². The van der Waals surface area contributed by atoms with Gasteiger partial charge in [0.15, 0.2) is 0 Å². The molecule has 2 atom stereocenters. The van der Waals surface area contributed by atoms with Crippen LogP contribution in [0.4, 0.5) is 0 Å². The largest absolute Gasteiger partial charge is 0.392 e. The lowest BCUT2D eigenvalue weighted by molar-refractivity contribution is 0.143. The summed E-state index contributed by atoms with van der Waals surface area (Å²) in [5, 5.41) is 9.73. The monoisotopic (exact) mass is 194 g/mol. The highest BCUT2D eigenvalue weighted by molar-refractivity contribution is 5.17. The molecule has 14 heavy (non-hydrogen) atoms. The molecule has 3 heteroatoms. The maximum atomic E-state index is 9.73. The van der Waals surface area contributed by atoms with Gasteiger partial charge >= 0.3 is 0 Å². The van der Waals surface area contributed by atoms with Crippen molar-refractivity contribution in [1.82, 2.24) is 9.97 Å². The molecule has 0 spiro atoms. The number of aliphatic hydroxyl groups is 1. The van der Waals surface area contributed by atoms with Crippen molar-refractivity contribution >= 4 is 0 Å². The van der Waals surface area contributed by atoms with Crippen molar-refractivity contribution in [2.45, 2.75) is 46.1 Å². The van der Waals surface area contributed by atoms with Crippen LogP contribution in [-0.4, -0.2) is 21.2 Å². The third kappa shape index (κ3) is 2.29. The van der Waals surface area contributed by atoms with Crippen LogP contribution in [0, 0.1) is 13.8 Å². The molecule has 0 saturated carbocycles. The number of aromatic nitrogens is 2. The summed E-state index contributed by atoms with van der Waals surface area (Å²) >= 11 is 0. The minimum Gasteiger partial charge on any atom is -0.392 e. The van der Waals surface area contributed by atoms with E-state index in [1.807, 2.05) is 27.7 Å². The molecule has 0 bridgehead atoms. The number of aryl methyl sites for hydroxylation is 2. The van der Waals surface area contributed by atoms with Crippen LogP contribution in [0.1, 0.15) is 43.3 Å². The van der Waals surface area contributed by atoms with Crippen LogP contribution in [0.25, 0.3) is 0 Å². The first-order valence-electron chi connectivity index (χ1n) is 5.04. The van der Waals surface area contributed by atoms with E-state index >= 15 is 0 Å². The first-order valence-corrected chi connectivity index (χ1v) is 5.04. The van der Waals surface area contributed by atoms with Crippen molar-refractivity contribution in [2.24, 2.45) is 0 Å². The Labute approximate surface area is 85.2 Å². The van der Waals surface area contributed by atoms with E-state index in [1.54, 1.807) is 6.20 Å². The zero-order valence-corrected chi connectivity index (χ0v) is 9.28. The Hall–Kier alpha value is -0.960. The standard InChI is InChI=1S/C11H18N2O/c1-5-10(14)8(3)11-9(4)12-6-7(2)13-11/h6,8,10,14H,5H2,1-4H3. The zero-order valence-electron chi connectivity index (χ0n) is 9.28. The van der Waals surface area contributed by atoms with Crippen LogP contribution in [0.3, 0.4) is 0 Å². The van der Waals surface area contributed by atoms with Gasteiger partial charge in [0.2, 0.25) is 0 Å². The lowest BCUT2D eigenvalue weighted by Gasteiger charge is -2.18. The number of aliphatic hydroxyl groups excluding tert-OH is 1. The molecule has 0 amide bonds. The maximum Gasteiger partial charge on any atom is 0.0672 e. The fraction of sp³-hybridized carbons (Fsp3) is 0.636. The average Bonchev–Trinajstić information content (AvgIpc) is 2.19. The van der Waals surface area contributed by atoms with E-state index in [-0.39, 0.29) is 12.0 Å². The summed E-state index contributed by atoms with van der Waals surface area (Å²) in [5.41, 5.74) is 2.73. The molecule has 0 fully saturated rings. The maximum absolute atomic E-state index is 9.73. The Bertz CT molecular complexity index is 312. The fourth-order valence-corrected chi connectivity index (χ4v) is 1.52. The third-order valence-corrected chi connectivity index (χ3v) is 2.54. The molecule has 2 unspecified atom stereocenters. The highest BCUT2D eigenvalue weighted by atomic mass is 16.3. The third-order valence-electron chi connectivity index (χ3n) is 2.54. The highest BCUT2D eigenvalue weighted by Crippen LogP contribution is 2.21. The predicted molar refractivity (Wildman–Crippen MR) is 56.2 cm³/mol. The number of rotatable bonds is 3. The van der Waals surface area contributed by atoms with E-state index in [2.05, 4.69) is 9.97 Å². The Kier molecular flexibility index (Phi) is 3.58. The second kappa shape index (κ2) is 4.51. The molecule has 1 aromatic rings. The van der Waals surface area contributed by atoms with Gasteiger partial charge < -0.3 is 5.11 Å². The van der Waals surface area contributed by atoms with Crippen LogP contribution in [-0.2, 0) is 0 Å². The first-order chi connectivity index (χ1) is 6.56. The van der Waals surface area contributed by atoms with Crippen molar-refractivity contribution in [2.75, 3.05) is 0 Å². The minimum absolute atomic E-state index is 0.0624. The number of hydrogen-bond donors (Lipinski definition) is 1. The van der Waals surface area contributed by atoms with Gasteiger partial charge in [-0.25, -0.2) is 0 Å². The molecule has 0 aliphatic carbocycles. The van der Waals surface area contributed by atoms with E-state index in [0.717, 1.165) is 23.5 Å². The summed E-state index contributed by atoms with van der Waals surface area (Å²) in [7, 11) is 0. The molecular weight excluding hydrogens is 176 g/mol. The molecule has 0 aliphatic rings. The van der Waals surface area contributed by atoms with Gasteiger partial charge in [-0.15, -0.1) is 0 Å². The van der Waals surface area contributed by atoms with E-state index < -0.39 is 0 Å². The lowest BCUT2D eigenvalue weighted by Crippen LogP contribution is -2.17. The van der Waals surface area contributed by atoms with Crippen LogP contribution in [0.5, 0.6) is 0 Å². The summed E-state index contributed by atoms with van der Waals surface area (Å²) in [6.07, 6.45) is 2.17. The number of hydrogen-bond acceptors (Lipinski definition) is 3. The molecular formula is C11H18N2O. The quantitative estimate of drug-likeness (QED) is 0.800. The molecule has 0 aromatic carbocycles. The number of nitrogens with zero attached hydrogens (tertiary/aromatic N) is 2. The van der Waals surface area contributed by atoms with Gasteiger partial charge in [0, 0.05) is 12.1 Å². The molecule has 0 saturated heterocycles. The van der Waals surface area contributed by atoms with Gasteiger partial charge in [-0.3, -0.25) is 9.97 Å². The summed E-state index contributed by atoms with van der Waals surface area (Å²) in [5.74, 6) is 0.0624. The normalized spacial score (nSPS) is 15.2. The summed E-state index contributed by atoms with van der Waals surface area (Å²) in [6, 6.07) is 0.